The van der Waals surface area contributed by atoms with E-state index in [4.69, 9.17) is 14.2 Å². The molecule has 11 nitrogen and oxygen atoms in total. The molecule has 0 spiro atoms. The molecule has 1 aliphatic heterocycles. The highest BCUT2D eigenvalue weighted by Crippen LogP contribution is 2.30. The second-order valence-corrected chi connectivity index (χ2v) is 8.35. The number of hydrogen-bond acceptors (Lipinski definition) is 8. The van der Waals surface area contributed by atoms with Crippen molar-refractivity contribution in [2.45, 2.75) is 64.1 Å². The van der Waals surface area contributed by atoms with Crippen LogP contribution in [-0.4, -0.2) is 52.1 Å². The number of ether oxygens (including phenoxy) is 3. The quantitative estimate of drug-likeness (QED) is 0.318. The number of nitrogens with one attached hydrogen (secondary N) is 2. The third-order valence-corrected chi connectivity index (χ3v) is 5.64. The molecule has 1 fully saturated rings. The number of esters is 1. The largest absolute Gasteiger partial charge is 0.459 e. The predicted molar refractivity (Wildman–Crippen MR) is 125 cm³/mol. The van der Waals surface area contributed by atoms with E-state index in [1.807, 2.05) is 30.3 Å². The number of hydrogen-bond donors (Lipinski definition) is 3. The maximum atomic E-state index is 12.3. The number of nitrogens with zero attached hydrogens (tertiary/aromatic N) is 1. The minimum Gasteiger partial charge on any atom is -0.459 e. The van der Waals surface area contributed by atoms with Crippen LogP contribution >= 0.6 is 0 Å². The third kappa shape index (κ3) is 7.79. The molecule has 1 amide bonds. The number of aryl methyl sites for hydroxylation is 1. The topological polar surface area (TPSA) is 149 Å². The zero-order valence-electron chi connectivity index (χ0n) is 19.6. The van der Waals surface area contributed by atoms with Crippen LogP contribution in [0.25, 0.3) is 0 Å². The number of aliphatic hydroxyl groups is 1. The normalized spacial score (nSPS) is 19.3. The standard InChI is InChI=1S/C24H31N3O8/c1-16-13-27(23(31)26-22(16)30)20-12-18(19(14-28)34-20)35-21(29)10-6-3-7-11-25-24(32)33-15-17-8-4-2-5-9-17/h2,4-5,8-9,13,18-20,28H,3,6-7,10-12,14-15H2,1H3,(H,25,32)(H,26,30,31)/t18-,19+,20+/m0/s1. The number of carbonyl (C=O) groups is 2. The van der Waals surface area contributed by atoms with Gasteiger partial charge < -0.3 is 24.6 Å². The molecule has 1 aromatic carbocycles. The number of aromatic amines is 1. The lowest BCUT2D eigenvalue weighted by Crippen LogP contribution is -2.33. The Labute approximate surface area is 202 Å². The van der Waals surface area contributed by atoms with E-state index in [1.165, 1.54) is 10.8 Å². The van der Waals surface area contributed by atoms with Gasteiger partial charge in [0.05, 0.1) is 6.61 Å². The van der Waals surface area contributed by atoms with E-state index in [2.05, 4.69) is 10.3 Å². The van der Waals surface area contributed by atoms with Gasteiger partial charge in [0.25, 0.3) is 5.56 Å². The maximum Gasteiger partial charge on any atom is 0.407 e. The van der Waals surface area contributed by atoms with Gasteiger partial charge in [-0.1, -0.05) is 36.8 Å². The van der Waals surface area contributed by atoms with Crippen LogP contribution in [0.3, 0.4) is 0 Å². The molecular formula is C24H31N3O8. The lowest BCUT2D eigenvalue weighted by molar-refractivity contribution is -0.153. The van der Waals surface area contributed by atoms with Crippen LogP contribution in [0.15, 0.2) is 46.1 Å². The molecule has 2 aromatic rings. The first-order valence-electron chi connectivity index (χ1n) is 11.6. The van der Waals surface area contributed by atoms with E-state index in [9.17, 15) is 24.3 Å². The average Bonchev–Trinajstić information content (AvgIpc) is 3.25. The monoisotopic (exact) mass is 489 g/mol. The van der Waals surface area contributed by atoms with E-state index < -0.39 is 41.7 Å². The van der Waals surface area contributed by atoms with Crippen molar-refractivity contribution in [2.75, 3.05) is 13.2 Å². The van der Waals surface area contributed by atoms with Gasteiger partial charge in [-0.3, -0.25) is 19.1 Å². The van der Waals surface area contributed by atoms with Crippen LogP contribution in [0.1, 0.15) is 49.5 Å². The molecule has 1 saturated heterocycles. The minimum absolute atomic E-state index is 0.176. The van der Waals surface area contributed by atoms with Crippen molar-refractivity contribution in [3.63, 3.8) is 0 Å². The molecule has 3 N–H and O–H groups in total. The fourth-order valence-corrected chi connectivity index (χ4v) is 3.72. The molecule has 11 heteroatoms. The van der Waals surface area contributed by atoms with Gasteiger partial charge in [0.15, 0.2) is 0 Å². The highest BCUT2D eigenvalue weighted by molar-refractivity contribution is 5.69. The number of unbranched alkanes of at least 4 members (excludes halogenated alkanes) is 2. The van der Waals surface area contributed by atoms with Crippen LogP contribution in [0.4, 0.5) is 4.79 Å². The average molecular weight is 490 g/mol. The molecule has 1 aromatic heterocycles. The summed E-state index contributed by atoms with van der Waals surface area (Å²) in [6, 6.07) is 9.38. The first-order valence-corrected chi connectivity index (χ1v) is 11.6. The Kier molecular flexibility index (Phi) is 9.62. The number of aliphatic hydroxyl groups excluding tert-OH is 1. The Bertz CT molecular complexity index is 1100. The summed E-state index contributed by atoms with van der Waals surface area (Å²) in [5.74, 6) is -0.432. The fourth-order valence-electron chi connectivity index (χ4n) is 3.72. The molecule has 0 saturated carbocycles. The van der Waals surface area contributed by atoms with Crippen molar-refractivity contribution in [3.8, 4) is 0 Å². The molecule has 3 rings (SSSR count). The number of rotatable bonds is 11. The first kappa shape index (κ1) is 26.2. The number of H-pyrrole nitrogens is 1. The molecule has 3 atom stereocenters. The van der Waals surface area contributed by atoms with Crippen molar-refractivity contribution >= 4 is 12.1 Å². The SMILES string of the molecule is Cc1cn([C@H]2C[C@H](OC(=O)CCCCCNC(=O)OCc3ccccc3)[C@@H](CO)O2)c(=O)[nH]c1=O. The second kappa shape index (κ2) is 12.9. The minimum atomic E-state index is -0.769. The smallest absolute Gasteiger partial charge is 0.407 e. The van der Waals surface area contributed by atoms with E-state index in [1.54, 1.807) is 6.92 Å². The summed E-state index contributed by atoms with van der Waals surface area (Å²) in [7, 11) is 0. The molecule has 0 unspecified atom stereocenters. The zero-order chi connectivity index (χ0) is 25.2. The van der Waals surface area contributed by atoms with Crippen molar-refractivity contribution in [1.82, 2.24) is 14.9 Å². The van der Waals surface area contributed by atoms with Gasteiger partial charge in [0.1, 0.15) is 25.0 Å². The Hall–Kier alpha value is -3.44. The lowest BCUT2D eigenvalue weighted by atomic mass is 10.1. The van der Waals surface area contributed by atoms with Crippen LogP contribution < -0.4 is 16.6 Å². The molecule has 190 valence electrons. The first-order chi connectivity index (χ1) is 16.9. The zero-order valence-corrected chi connectivity index (χ0v) is 19.6. The number of amides is 1. The van der Waals surface area contributed by atoms with Crippen molar-refractivity contribution in [1.29, 1.82) is 0 Å². The van der Waals surface area contributed by atoms with Gasteiger partial charge in [0.2, 0.25) is 0 Å². The summed E-state index contributed by atoms with van der Waals surface area (Å²) in [6.45, 7) is 1.82. The van der Waals surface area contributed by atoms with Gasteiger partial charge in [-0.25, -0.2) is 9.59 Å². The summed E-state index contributed by atoms with van der Waals surface area (Å²) in [5.41, 5.74) is 0.134. The Morgan fingerprint density at radius 3 is 2.71 bits per heavy atom. The second-order valence-electron chi connectivity index (χ2n) is 8.35. The van der Waals surface area contributed by atoms with Gasteiger partial charge >= 0.3 is 17.8 Å². The summed E-state index contributed by atoms with van der Waals surface area (Å²) >= 11 is 0. The van der Waals surface area contributed by atoms with Crippen molar-refractivity contribution in [3.05, 3.63) is 68.5 Å². The molecule has 1 aliphatic rings. The fraction of sp³-hybridized carbons (Fsp3) is 0.500. The summed E-state index contributed by atoms with van der Waals surface area (Å²) in [4.78, 5) is 49.9. The van der Waals surface area contributed by atoms with E-state index in [0.717, 1.165) is 5.56 Å². The predicted octanol–water partition coefficient (Wildman–Crippen LogP) is 1.52. The van der Waals surface area contributed by atoms with Crippen molar-refractivity contribution < 1.29 is 28.9 Å². The van der Waals surface area contributed by atoms with Gasteiger partial charge in [-0.2, -0.15) is 0 Å². The highest BCUT2D eigenvalue weighted by atomic mass is 16.6. The highest BCUT2D eigenvalue weighted by Gasteiger charge is 2.38. The van der Waals surface area contributed by atoms with E-state index in [-0.39, 0.29) is 26.1 Å². The van der Waals surface area contributed by atoms with E-state index >= 15 is 0 Å². The lowest BCUT2D eigenvalue weighted by Gasteiger charge is -2.16. The van der Waals surface area contributed by atoms with Gasteiger partial charge in [0, 0.05) is 31.1 Å². The van der Waals surface area contributed by atoms with Gasteiger partial charge in [-0.15, -0.1) is 0 Å². The molecule has 35 heavy (non-hydrogen) atoms. The van der Waals surface area contributed by atoms with Crippen LogP contribution in [0.5, 0.6) is 0 Å². The summed E-state index contributed by atoms with van der Waals surface area (Å²) < 4.78 is 17.5. The van der Waals surface area contributed by atoms with Crippen LogP contribution in [-0.2, 0) is 25.6 Å². The van der Waals surface area contributed by atoms with Crippen molar-refractivity contribution in [2.24, 2.45) is 0 Å². The molecule has 2 heterocycles. The summed E-state index contributed by atoms with van der Waals surface area (Å²) in [6.07, 6.45) is 0.953. The van der Waals surface area contributed by atoms with Crippen LogP contribution in [0, 0.1) is 6.92 Å². The van der Waals surface area contributed by atoms with E-state index in [0.29, 0.717) is 31.4 Å². The number of benzene rings is 1. The van der Waals surface area contributed by atoms with Crippen LogP contribution in [0.2, 0.25) is 0 Å². The molecule has 0 radical (unpaired) electrons. The molecule has 0 bridgehead atoms. The summed E-state index contributed by atoms with van der Waals surface area (Å²) in [5, 5.41) is 12.3. The van der Waals surface area contributed by atoms with Gasteiger partial charge in [-0.05, 0) is 25.3 Å². The third-order valence-electron chi connectivity index (χ3n) is 5.64. The number of carbonyl (C=O) groups excluding carboxylic acids is 2. The number of aromatic nitrogens is 2. The number of alkyl carbamates (subject to hydrolysis) is 1. The Morgan fingerprint density at radius 2 is 1.97 bits per heavy atom. The molecule has 0 aliphatic carbocycles. The molecular weight excluding hydrogens is 458 g/mol. The Balaban J connectivity index is 1.33. The Morgan fingerprint density at radius 1 is 1.20 bits per heavy atom. The maximum absolute atomic E-state index is 12.3.